The zero-order valence-electron chi connectivity index (χ0n) is 17.2. The van der Waals surface area contributed by atoms with Gasteiger partial charge in [-0.05, 0) is 41.3 Å². The molecule has 0 saturated carbocycles. The SMILES string of the molecule is CC(C)(C)c1ccc(-n2nc(-c3ccccc3)c3cnc4ccc(Br)cc4c32)cc1. The third kappa shape index (κ3) is 3.21. The van der Waals surface area contributed by atoms with Crippen molar-refractivity contribution in [2.45, 2.75) is 26.2 Å². The van der Waals surface area contributed by atoms with Crippen LogP contribution in [0.5, 0.6) is 0 Å². The van der Waals surface area contributed by atoms with Gasteiger partial charge in [0.25, 0.3) is 0 Å². The molecule has 0 fully saturated rings. The number of benzene rings is 3. The van der Waals surface area contributed by atoms with Crippen molar-refractivity contribution in [3.63, 3.8) is 0 Å². The summed E-state index contributed by atoms with van der Waals surface area (Å²) < 4.78 is 3.09. The second-order valence-electron chi connectivity index (χ2n) is 8.61. The van der Waals surface area contributed by atoms with Crippen LogP contribution >= 0.6 is 15.9 Å². The third-order valence-corrected chi connectivity index (χ3v) is 5.99. The van der Waals surface area contributed by atoms with E-state index in [1.54, 1.807) is 0 Å². The van der Waals surface area contributed by atoms with Gasteiger partial charge in [0.05, 0.1) is 16.7 Å². The number of fused-ring (bicyclic) bond motifs is 3. The Morgan fingerprint density at radius 1 is 0.833 bits per heavy atom. The monoisotopic (exact) mass is 455 g/mol. The highest BCUT2D eigenvalue weighted by molar-refractivity contribution is 9.10. The Balaban J connectivity index is 1.83. The molecule has 5 aromatic rings. The van der Waals surface area contributed by atoms with Crippen molar-refractivity contribution in [3.05, 3.63) is 89.0 Å². The highest BCUT2D eigenvalue weighted by atomic mass is 79.9. The number of aromatic nitrogens is 3. The molecule has 0 radical (unpaired) electrons. The summed E-state index contributed by atoms with van der Waals surface area (Å²) in [6, 6.07) is 25.2. The van der Waals surface area contributed by atoms with E-state index in [9.17, 15) is 0 Å². The molecule has 0 aliphatic rings. The first-order valence-corrected chi connectivity index (χ1v) is 10.8. The first-order chi connectivity index (χ1) is 14.4. The molecule has 0 N–H and O–H groups in total. The van der Waals surface area contributed by atoms with Crippen molar-refractivity contribution in [2.75, 3.05) is 0 Å². The first kappa shape index (κ1) is 19.0. The Morgan fingerprint density at radius 3 is 2.27 bits per heavy atom. The number of pyridine rings is 1. The van der Waals surface area contributed by atoms with Crippen LogP contribution in [0, 0.1) is 0 Å². The van der Waals surface area contributed by atoms with Crippen LogP contribution in [-0.2, 0) is 5.41 Å². The molecule has 0 spiro atoms. The van der Waals surface area contributed by atoms with E-state index in [-0.39, 0.29) is 5.41 Å². The molecular weight excluding hydrogens is 434 g/mol. The van der Waals surface area contributed by atoms with Gasteiger partial charge in [0.1, 0.15) is 5.69 Å². The third-order valence-electron chi connectivity index (χ3n) is 5.49. The smallest absolute Gasteiger partial charge is 0.102 e. The van der Waals surface area contributed by atoms with E-state index < -0.39 is 0 Å². The quantitative estimate of drug-likeness (QED) is 0.279. The second kappa shape index (κ2) is 7.06. The normalized spacial score (nSPS) is 12.0. The predicted molar refractivity (Wildman–Crippen MR) is 128 cm³/mol. The highest BCUT2D eigenvalue weighted by Crippen LogP contribution is 2.35. The predicted octanol–water partition coefficient (Wildman–Crippen LogP) is 7.30. The van der Waals surface area contributed by atoms with Gasteiger partial charge >= 0.3 is 0 Å². The molecule has 0 amide bonds. The second-order valence-corrected chi connectivity index (χ2v) is 9.52. The van der Waals surface area contributed by atoms with Gasteiger partial charge < -0.3 is 0 Å². The van der Waals surface area contributed by atoms with Crippen LogP contribution < -0.4 is 0 Å². The minimum Gasteiger partial charge on any atom is -0.255 e. The van der Waals surface area contributed by atoms with Crippen LogP contribution in [0.2, 0.25) is 0 Å². The van der Waals surface area contributed by atoms with Gasteiger partial charge in [-0.2, -0.15) is 5.10 Å². The Kier molecular flexibility index (Phi) is 4.48. The topological polar surface area (TPSA) is 30.7 Å². The summed E-state index contributed by atoms with van der Waals surface area (Å²) in [6.45, 7) is 6.70. The van der Waals surface area contributed by atoms with Crippen LogP contribution in [-0.4, -0.2) is 14.8 Å². The van der Waals surface area contributed by atoms with Crippen molar-refractivity contribution >= 4 is 37.7 Å². The molecule has 2 aromatic heterocycles. The maximum Gasteiger partial charge on any atom is 0.102 e. The fraction of sp³-hybridized carbons (Fsp3) is 0.154. The van der Waals surface area contributed by atoms with E-state index in [0.29, 0.717) is 0 Å². The summed E-state index contributed by atoms with van der Waals surface area (Å²) >= 11 is 3.62. The summed E-state index contributed by atoms with van der Waals surface area (Å²) in [4.78, 5) is 4.72. The molecule has 3 nitrogen and oxygen atoms in total. The van der Waals surface area contributed by atoms with E-state index in [1.807, 2.05) is 36.5 Å². The van der Waals surface area contributed by atoms with Gasteiger partial charge in [-0.25, -0.2) is 4.68 Å². The van der Waals surface area contributed by atoms with Gasteiger partial charge in [0, 0.05) is 27.0 Å². The Bertz CT molecular complexity index is 1360. The average molecular weight is 456 g/mol. The van der Waals surface area contributed by atoms with E-state index in [4.69, 9.17) is 10.1 Å². The Labute approximate surface area is 184 Å². The lowest BCUT2D eigenvalue weighted by Gasteiger charge is -2.19. The minimum atomic E-state index is 0.112. The van der Waals surface area contributed by atoms with Gasteiger partial charge in [-0.15, -0.1) is 0 Å². The summed E-state index contributed by atoms with van der Waals surface area (Å²) in [7, 11) is 0. The molecule has 2 heterocycles. The maximum atomic E-state index is 5.06. The van der Waals surface area contributed by atoms with Crippen LogP contribution in [0.15, 0.2) is 83.5 Å². The summed E-state index contributed by atoms with van der Waals surface area (Å²) in [5, 5.41) is 7.19. The van der Waals surface area contributed by atoms with E-state index >= 15 is 0 Å². The molecule has 4 heteroatoms. The number of hydrogen-bond donors (Lipinski definition) is 0. The van der Waals surface area contributed by atoms with Crippen molar-refractivity contribution in [3.8, 4) is 16.9 Å². The van der Waals surface area contributed by atoms with Gasteiger partial charge in [0.2, 0.25) is 0 Å². The lowest BCUT2D eigenvalue weighted by molar-refractivity contribution is 0.590. The summed E-state index contributed by atoms with van der Waals surface area (Å²) in [5.41, 5.74) is 6.52. The molecule has 148 valence electrons. The summed E-state index contributed by atoms with van der Waals surface area (Å²) in [5.74, 6) is 0. The standard InChI is InChI=1S/C26H22BrN3/c1-26(2,3)18-9-12-20(13-10-18)30-25-21-15-19(27)11-14-23(21)28-16-22(25)24(29-30)17-7-5-4-6-8-17/h4-16H,1-3H3. The Morgan fingerprint density at radius 2 is 1.57 bits per heavy atom. The minimum absolute atomic E-state index is 0.112. The van der Waals surface area contributed by atoms with E-state index in [2.05, 4.69) is 83.8 Å². The molecular formula is C26H22BrN3. The molecule has 0 bridgehead atoms. The average Bonchev–Trinajstić information content (AvgIpc) is 3.14. The van der Waals surface area contributed by atoms with Crippen molar-refractivity contribution in [2.24, 2.45) is 0 Å². The molecule has 5 rings (SSSR count). The molecule has 30 heavy (non-hydrogen) atoms. The molecule has 0 saturated heterocycles. The van der Waals surface area contributed by atoms with Gasteiger partial charge in [-0.3, -0.25) is 4.98 Å². The molecule has 0 unspecified atom stereocenters. The van der Waals surface area contributed by atoms with Crippen molar-refractivity contribution < 1.29 is 0 Å². The maximum absolute atomic E-state index is 5.06. The van der Waals surface area contributed by atoms with E-state index in [1.165, 1.54) is 5.56 Å². The fourth-order valence-electron chi connectivity index (χ4n) is 3.85. The highest BCUT2D eigenvalue weighted by Gasteiger charge is 2.18. The fourth-order valence-corrected chi connectivity index (χ4v) is 4.22. The number of nitrogens with zero attached hydrogens (tertiary/aromatic N) is 3. The van der Waals surface area contributed by atoms with E-state index in [0.717, 1.165) is 43.2 Å². The lowest BCUT2D eigenvalue weighted by Crippen LogP contribution is -2.11. The van der Waals surface area contributed by atoms with Gasteiger partial charge in [0.15, 0.2) is 0 Å². The molecule has 0 atom stereocenters. The van der Waals surface area contributed by atoms with Crippen LogP contribution in [0.25, 0.3) is 38.8 Å². The van der Waals surface area contributed by atoms with Crippen molar-refractivity contribution in [1.29, 1.82) is 0 Å². The number of hydrogen-bond acceptors (Lipinski definition) is 2. The zero-order chi connectivity index (χ0) is 20.9. The first-order valence-electron chi connectivity index (χ1n) is 10.1. The van der Waals surface area contributed by atoms with Gasteiger partial charge in [-0.1, -0.05) is 79.2 Å². The Hall–Kier alpha value is -2.98. The number of halogens is 1. The van der Waals surface area contributed by atoms with Crippen LogP contribution in [0.1, 0.15) is 26.3 Å². The van der Waals surface area contributed by atoms with Crippen LogP contribution in [0.4, 0.5) is 0 Å². The summed E-state index contributed by atoms with van der Waals surface area (Å²) in [6.07, 6.45) is 1.95. The lowest BCUT2D eigenvalue weighted by atomic mass is 9.87. The van der Waals surface area contributed by atoms with Crippen LogP contribution in [0.3, 0.4) is 0 Å². The largest absolute Gasteiger partial charge is 0.255 e. The van der Waals surface area contributed by atoms with Crippen molar-refractivity contribution in [1.82, 2.24) is 14.8 Å². The molecule has 0 aliphatic heterocycles. The molecule has 3 aromatic carbocycles. The zero-order valence-corrected chi connectivity index (χ0v) is 18.8. The number of rotatable bonds is 2. The molecule has 0 aliphatic carbocycles.